The van der Waals surface area contributed by atoms with Crippen LogP contribution in [-0.4, -0.2) is 30.2 Å². The molecule has 3 aromatic rings. The van der Waals surface area contributed by atoms with Crippen molar-refractivity contribution in [3.63, 3.8) is 0 Å². The number of hydrogen-bond donors (Lipinski definition) is 3. The molecule has 7 nitrogen and oxygen atoms in total. The van der Waals surface area contributed by atoms with Gasteiger partial charge >= 0.3 is 0 Å². The molecule has 0 atom stereocenters. The Morgan fingerprint density at radius 3 is 2.23 bits per heavy atom. The molecule has 8 heteroatoms. The largest absolute Gasteiger partial charge is 0.504 e. The fourth-order valence-electron chi connectivity index (χ4n) is 2.53. The number of phenolic OH excluding ortho intramolecular Hbond substituents is 1. The second kappa shape index (κ2) is 9.58. The SMILES string of the molecule is COc1ccc(/C=N\NC(=O)c2ccc(NC(=O)c3ccc(Cl)cc3)cc2)cc1O. The van der Waals surface area contributed by atoms with E-state index in [0.29, 0.717) is 33.1 Å². The molecule has 0 aromatic heterocycles. The topological polar surface area (TPSA) is 100 Å². The molecule has 3 N–H and O–H groups in total. The van der Waals surface area contributed by atoms with Crippen molar-refractivity contribution in [2.24, 2.45) is 5.10 Å². The van der Waals surface area contributed by atoms with Gasteiger partial charge in [-0.25, -0.2) is 5.43 Å². The fraction of sp³-hybridized carbons (Fsp3) is 0.0455. The molecule has 0 aliphatic rings. The first kappa shape index (κ1) is 20.9. The molecule has 0 spiro atoms. The highest BCUT2D eigenvalue weighted by molar-refractivity contribution is 6.30. The minimum Gasteiger partial charge on any atom is -0.504 e. The standard InChI is InChI=1S/C22H18ClN3O4/c1-30-20-11-2-14(12-19(20)27)13-24-26-22(29)16-5-9-18(10-6-16)25-21(28)15-3-7-17(23)8-4-15/h2-13,27H,1H3,(H,25,28)(H,26,29)/b24-13-. The van der Waals surface area contributed by atoms with Gasteiger partial charge in [0.25, 0.3) is 11.8 Å². The number of rotatable bonds is 6. The number of hydrogen-bond acceptors (Lipinski definition) is 5. The summed E-state index contributed by atoms with van der Waals surface area (Å²) in [4.78, 5) is 24.4. The molecule has 0 saturated carbocycles. The summed E-state index contributed by atoms with van der Waals surface area (Å²) >= 11 is 5.82. The number of nitrogens with one attached hydrogen (secondary N) is 2. The zero-order valence-corrected chi connectivity index (χ0v) is 16.7. The minimum absolute atomic E-state index is 0.0241. The molecule has 0 saturated heterocycles. The van der Waals surface area contributed by atoms with Crippen molar-refractivity contribution in [3.8, 4) is 11.5 Å². The maximum Gasteiger partial charge on any atom is 0.271 e. The minimum atomic E-state index is -0.417. The lowest BCUT2D eigenvalue weighted by Gasteiger charge is -2.06. The summed E-state index contributed by atoms with van der Waals surface area (Å²) in [7, 11) is 1.46. The van der Waals surface area contributed by atoms with Gasteiger partial charge in [0, 0.05) is 21.8 Å². The average molecular weight is 424 g/mol. The van der Waals surface area contributed by atoms with E-state index in [1.165, 1.54) is 19.4 Å². The Kier molecular flexibility index (Phi) is 6.67. The Balaban J connectivity index is 1.57. The summed E-state index contributed by atoms with van der Waals surface area (Å²) in [6, 6.07) is 17.6. The maximum absolute atomic E-state index is 12.2. The maximum atomic E-state index is 12.2. The van der Waals surface area contributed by atoms with Crippen LogP contribution >= 0.6 is 11.6 Å². The molecule has 3 rings (SSSR count). The molecule has 152 valence electrons. The number of ether oxygens (including phenoxy) is 1. The van der Waals surface area contributed by atoms with E-state index in [-0.39, 0.29) is 11.7 Å². The number of nitrogens with zero attached hydrogens (tertiary/aromatic N) is 1. The number of anilines is 1. The van der Waals surface area contributed by atoms with Gasteiger partial charge in [0.15, 0.2) is 11.5 Å². The fourth-order valence-corrected chi connectivity index (χ4v) is 2.65. The Morgan fingerprint density at radius 2 is 1.60 bits per heavy atom. The highest BCUT2D eigenvalue weighted by atomic mass is 35.5. The van der Waals surface area contributed by atoms with Crippen molar-refractivity contribution < 1.29 is 19.4 Å². The van der Waals surface area contributed by atoms with Crippen LogP contribution in [0.5, 0.6) is 11.5 Å². The first-order valence-corrected chi connectivity index (χ1v) is 9.21. The van der Waals surface area contributed by atoms with Crippen molar-refractivity contribution in [2.45, 2.75) is 0 Å². The highest BCUT2D eigenvalue weighted by Gasteiger charge is 2.08. The Hall–Kier alpha value is -3.84. The third-order valence-corrected chi connectivity index (χ3v) is 4.35. The summed E-state index contributed by atoms with van der Waals surface area (Å²) in [6.45, 7) is 0. The van der Waals surface area contributed by atoms with E-state index in [1.807, 2.05) is 0 Å². The molecule has 0 radical (unpaired) electrons. The Labute approximate surface area is 178 Å². The van der Waals surface area contributed by atoms with E-state index in [0.717, 1.165) is 0 Å². The van der Waals surface area contributed by atoms with Crippen LogP contribution in [0.15, 0.2) is 71.8 Å². The number of aromatic hydroxyl groups is 1. The third kappa shape index (κ3) is 5.36. The third-order valence-electron chi connectivity index (χ3n) is 4.09. The van der Waals surface area contributed by atoms with Crippen molar-refractivity contribution in [2.75, 3.05) is 12.4 Å². The van der Waals surface area contributed by atoms with Gasteiger partial charge in [-0.1, -0.05) is 11.6 Å². The van der Waals surface area contributed by atoms with E-state index in [9.17, 15) is 14.7 Å². The summed E-state index contributed by atoms with van der Waals surface area (Å²) in [5.41, 5.74) is 4.38. The summed E-state index contributed by atoms with van der Waals surface area (Å²) in [5.74, 6) is -0.376. The quantitative estimate of drug-likeness (QED) is 0.411. The number of methoxy groups -OCH3 is 1. The van der Waals surface area contributed by atoms with E-state index in [1.54, 1.807) is 60.7 Å². The number of hydrazone groups is 1. The Morgan fingerprint density at radius 1 is 0.967 bits per heavy atom. The van der Waals surface area contributed by atoms with Crippen LogP contribution < -0.4 is 15.5 Å². The van der Waals surface area contributed by atoms with Crippen LogP contribution in [0, 0.1) is 0 Å². The summed E-state index contributed by atoms with van der Waals surface area (Å²) in [6.07, 6.45) is 1.40. The summed E-state index contributed by atoms with van der Waals surface area (Å²) in [5, 5.41) is 16.9. The van der Waals surface area contributed by atoms with Crippen LogP contribution in [0.4, 0.5) is 5.69 Å². The number of halogens is 1. The predicted molar refractivity (Wildman–Crippen MR) is 116 cm³/mol. The molecule has 0 unspecified atom stereocenters. The smallest absolute Gasteiger partial charge is 0.271 e. The van der Waals surface area contributed by atoms with Crippen molar-refractivity contribution in [1.82, 2.24) is 5.43 Å². The zero-order valence-electron chi connectivity index (χ0n) is 15.9. The number of amides is 2. The lowest BCUT2D eigenvalue weighted by atomic mass is 10.1. The second-order valence-electron chi connectivity index (χ2n) is 6.17. The van der Waals surface area contributed by atoms with Crippen LogP contribution in [0.25, 0.3) is 0 Å². The van der Waals surface area contributed by atoms with Crippen LogP contribution in [0.1, 0.15) is 26.3 Å². The molecular formula is C22H18ClN3O4. The molecule has 30 heavy (non-hydrogen) atoms. The van der Waals surface area contributed by atoms with Crippen LogP contribution in [0.2, 0.25) is 5.02 Å². The van der Waals surface area contributed by atoms with E-state index in [4.69, 9.17) is 16.3 Å². The first-order chi connectivity index (χ1) is 14.5. The van der Waals surface area contributed by atoms with Gasteiger partial charge in [0.2, 0.25) is 0 Å². The lowest BCUT2D eigenvalue weighted by molar-refractivity contribution is 0.0954. The molecule has 3 aromatic carbocycles. The van der Waals surface area contributed by atoms with Gasteiger partial charge < -0.3 is 15.2 Å². The molecular weight excluding hydrogens is 406 g/mol. The molecule has 0 aliphatic heterocycles. The number of benzene rings is 3. The lowest BCUT2D eigenvalue weighted by Crippen LogP contribution is -2.17. The second-order valence-corrected chi connectivity index (χ2v) is 6.61. The molecule has 0 bridgehead atoms. The molecule has 2 amide bonds. The van der Waals surface area contributed by atoms with Gasteiger partial charge in [-0.15, -0.1) is 0 Å². The normalized spacial score (nSPS) is 10.6. The van der Waals surface area contributed by atoms with Crippen molar-refractivity contribution in [3.05, 3.63) is 88.4 Å². The van der Waals surface area contributed by atoms with Gasteiger partial charge in [-0.2, -0.15) is 5.10 Å². The Bertz CT molecular complexity index is 1080. The zero-order chi connectivity index (χ0) is 21.5. The molecule has 0 heterocycles. The molecule has 0 fully saturated rings. The van der Waals surface area contributed by atoms with E-state index in [2.05, 4.69) is 15.8 Å². The van der Waals surface area contributed by atoms with Gasteiger partial charge in [-0.3, -0.25) is 9.59 Å². The predicted octanol–water partition coefficient (Wildman–Crippen LogP) is 4.07. The van der Waals surface area contributed by atoms with Crippen molar-refractivity contribution in [1.29, 1.82) is 0 Å². The number of phenols is 1. The van der Waals surface area contributed by atoms with E-state index < -0.39 is 5.91 Å². The average Bonchev–Trinajstić information content (AvgIpc) is 2.75. The van der Waals surface area contributed by atoms with Gasteiger partial charge in [0.1, 0.15) is 0 Å². The van der Waals surface area contributed by atoms with Gasteiger partial charge in [-0.05, 0) is 72.3 Å². The number of carbonyl (C=O) groups is 2. The highest BCUT2D eigenvalue weighted by Crippen LogP contribution is 2.25. The van der Waals surface area contributed by atoms with E-state index >= 15 is 0 Å². The summed E-state index contributed by atoms with van der Waals surface area (Å²) < 4.78 is 4.97. The van der Waals surface area contributed by atoms with Crippen LogP contribution in [-0.2, 0) is 0 Å². The van der Waals surface area contributed by atoms with Crippen LogP contribution in [0.3, 0.4) is 0 Å². The first-order valence-electron chi connectivity index (χ1n) is 8.83. The molecule has 0 aliphatic carbocycles. The van der Waals surface area contributed by atoms with Crippen molar-refractivity contribution >= 4 is 35.3 Å². The van der Waals surface area contributed by atoms with Gasteiger partial charge in [0.05, 0.1) is 13.3 Å². The monoisotopic (exact) mass is 423 g/mol. The number of carbonyl (C=O) groups excluding carboxylic acids is 2.